The Kier molecular flexibility index (Phi) is 10.1. The molecule has 7 heteroatoms. The quantitative estimate of drug-likeness (QED) is 0.269. The van der Waals surface area contributed by atoms with E-state index in [0.29, 0.717) is 13.2 Å². The predicted molar refractivity (Wildman–Crippen MR) is 117 cm³/mol. The van der Waals surface area contributed by atoms with Crippen molar-refractivity contribution in [2.45, 2.75) is 33.7 Å². The SMILES string of the molecule is CCNC(=NCc1c(C)nn(C)c1C)NCCCOc1ccccc1.I. The molecule has 0 aliphatic heterocycles. The van der Waals surface area contributed by atoms with Gasteiger partial charge in [-0.05, 0) is 39.3 Å². The van der Waals surface area contributed by atoms with Crippen LogP contribution >= 0.6 is 24.0 Å². The summed E-state index contributed by atoms with van der Waals surface area (Å²) < 4.78 is 7.60. The van der Waals surface area contributed by atoms with Crippen LogP contribution < -0.4 is 15.4 Å². The highest BCUT2D eigenvalue weighted by Gasteiger charge is 2.08. The molecule has 0 spiro atoms. The Balaban J connectivity index is 0.00000338. The monoisotopic (exact) mass is 471 g/mol. The zero-order chi connectivity index (χ0) is 18.1. The normalized spacial score (nSPS) is 11.0. The zero-order valence-corrected chi connectivity index (χ0v) is 18.4. The van der Waals surface area contributed by atoms with Crippen LogP contribution in [0, 0.1) is 13.8 Å². The van der Waals surface area contributed by atoms with Gasteiger partial charge in [0.25, 0.3) is 0 Å². The van der Waals surface area contributed by atoms with E-state index >= 15 is 0 Å². The first kappa shape index (κ1) is 22.3. The molecule has 0 amide bonds. The van der Waals surface area contributed by atoms with E-state index in [1.807, 2.05) is 49.0 Å². The third kappa shape index (κ3) is 6.86. The molecule has 6 nitrogen and oxygen atoms in total. The Hall–Kier alpha value is -1.77. The average Bonchev–Trinajstić information content (AvgIpc) is 2.85. The van der Waals surface area contributed by atoms with E-state index in [-0.39, 0.29) is 24.0 Å². The fraction of sp³-hybridized carbons (Fsp3) is 0.474. The molecule has 26 heavy (non-hydrogen) atoms. The van der Waals surface area contributed by atoms with Crippen molar-refractivity contribution in [3.05, 3.63) is 47.3 Å². The number of benzene rings is 1. The molecule has 144 valence electrons. The molecule has 0 saturated heterocycles. The van der Waals surface area contributed by atoms with Gasteiger partial charge in [-0.15, -0.1) is 24.0 Å². The molecule has 2 aromatic rings. The lowest BCUT2D eigenvalue weighted by atomic mass is 10.2. The number of aryl methyl sites for hydroxylation is 2. The number of hydrogen-bond acceptors (Lipinski definition) is 3. The molecule has 1 aromatic carbocycles. The standard InChI is InChI=1S/C19H29N5O.HI/c1-5-20-19(22-14-18-15(2)23-24(4)16(18)3)21-12-9-13-25-17-10-7-6-8-11-17;/h6-8,10-11H,5,9,12-14H2,1-4H3,(H2,20,21,22);1H. The number of rotatable bonds is 8. The molecule has 0 unspecified atom stereocenters. The van der Waals surface area contributed by atoms with E-state index in [0.717, 1.165) is 42.6 Å². The first-order valence-electron chi connectivity index (χ1n) is 8.81. The van der Waals surface area contributed by atoms with Crippen LogP contribution in [0.3, 0.4) is 0 Å². The van der Waals surface area contributed by atoms with Crippen molar-refractivity contribution in [3.63, 3.8) is 0 Å². The summed E-state index contributed by atoms with van der Waals surface area (Å²) in [6.07, 6.45) is 0.907. The summed E-state index contributed by atoms with van der Waals surface area (Å²) >= 11 is 0. The van der Waals surface area contributed by atoms with Crippen molar-refractivity contribution in [2.75, 3.05) is 19.7 Å². The molecule has 0 aliphatic rings. The topological polar surface area (TPSA) is 63.5 Å². The van der Waals surface area contributed by atoms with Crippen LogP contribution in [0.2, 0.25) is 0 Å². The smallest absolute Gasteiger partial charge is 0.191 e. The van der Waals surface area contributed by atoms with Crippen LogP contribution in [-0.4, -0.2) is 35.4 Å². The van der Waals surface area contributed by atoms with Gasteiger partial charge < -0.3 is 15.4 Å². The molecule has 2 rings (SSSR count). The minimum absolute atomic E-state index is 0. The van der Waals surface area contributed by atoms with E-state index in [2.05, 4.69) is 34.6 Å². The van der Waals surface area contributed by atoms with Gasteiger partial charge in [-0.3, -0.25) is 4.68 Å². The van der Waals surface area contributed by atoms with Crippen molar-refractivity contribution in [2.24, 2.45) is 12.0 Å². The third-order valence-electron chi connectivity index (χ3n) is 4.02. The van der Waals surface area contributed by atoms with E-state index in [9.17, 15) is 0 Å². The highest BCUT2D eigenvalue weighted by Crippen LogP contribution is 2.12. The lowest BCUT2D eigenvalue weighted by molar-refractivity contribution is 0.311. The van der Waals surface area contributed by atoms with E-state index < -0.39 is 0 Å². The van der Waals surface area contributed by atoms with Crippen molar-refractivity contribution < 1.29 is 4.74 Å². The van der Waals surface area contributed by atoms with E-state index in [1.165, 1.54) is 5.56 Å². The van der Waals surface area contributed by atoms with Crippen LogP contribution in [0.1, 0.15) is 30.3 Å². The summed E-state index contributed by atoms with van der Waals surface area (Å²) in [6, 6.07) is 9.88. The average molecular weight is 471 g/mol. The van der Waals surface area contributed by atoms with Gasteiger partial charge in [-0.25, -0.2) is 4.99 Å². The fourth-order valence-electron chi connectivity index (χ4n) is 2.53. The maximum atomic E-state index is 5.70. The predicted octanol–water partition coefficient (Wildman–Crippen LogP) is 3.18. The number of para-hydroxylation sites is 1. The first-order chi connectivity index (χ1) is 12.1. The van der Waals surface area contributed by atoms with Crippen LogP contribution in [0.15, 0.2) is 35.3 Å². The Morgan fingerprint density at radius 3 is 2.54 bits per heavy atom. The summed E-state index contributed by atoms with van der Waals surface area (Å²) in [7, 11) is 1.96. The molecule has 2 N–H and O–H groups in total. The Bertz CT molecular complexity index is 685. The Labute approximate surface area is 173 Å². The maximum Gasteiger partial charge on any atom is 0.191 e. The molecule has 1 aromatic heterocycles. The number of halogens is 1. The second kappa shape index (κ2) is 11.8. The largest absolute Gasteiger partial charge is 0.494 e. The molecule has 0 fully saturated rings. The van der Waals surface area contributed by atoms with Crippen LogP contribution in [0.25, 0.3) is 0 Å². The van der Waals surface area contributed by atoms with Gasteiger partial charge in [-0.2, -0.15) is 5.10 Å². The van der Waals surface area contributed by atoms with E-state index in [4.69, 9.17) is 4.74 Å². The Morgan fingerprint density at radius 1 is 1.19 bits per heavy atom. The van der Waals surface area contributed by atoms with Crippen LogP contribution in [-0.2, 0) is 13.6 Å². The van der Waals surface area contributed by atoms with Gasteiger partial charge in [0, 0.05) is 31.4 Å². The van der Waals surface area contributed by atoms with Crippen LogP contribution in [0.5, 0.6) is 5.75 Å². The van der Waals surface area contributed by atoms with Gasteiger partial charge in [0.1, 0.15) is 5.75 Å². The summed E-state index contributed by atoms with van der Waals surface area (Å²) in [5, 5.41) is 11.1. The van der Waals surface area contributed by atoms with Gasteiger partial charge >= 0.3 is 0 Å². The summed E-state index contributed by atoms with van der Waals surface area (Å²) in [5.74, 6) is 1.73. The minimum Gasteiger partial charge on any atom is -0.494 e. The van der Waals surface area contributed by atoms with Crippen molar-refractivity contribution in [1.29, 1.82) is 0 Å². The summed E-state index contributed by atoms with van der Waals surface area (Å²) in [5.41, 5.74) is 3.39. The van der Waals surface area contributed by atoms with Gasteiger partial charge in [0.2, 0.25) is 0 Å². The number of hydrogen-bond donors (Lipinski definition) is 2. The molecule has 0 atom stereocenters. The minimum atomic E-state index is 0. The fourth-order valence-corrected chi connectivity index (χ4v) is 2.53. The Morgan fingerprint density at radius 2 is 1.92 bits per heavy atom. The number of nitrogens with zero attached hydrogens (tertiary/aromatic N) is 3. The molecule has 0 aliphatic carbocycles. The molecular weight excluding hydrogens is 441 g/mol. The number of ether oxygens (including phenoxy) is 1. The summed E-state index contributed by atoms with van der Waals surface area (Å²) in [6.45, 7) is 9.11. The van der Waals surface area contributed by atoms with Crippen molar-refractivity contribution in [3.8, 4) is 5.75 Å². The molecule has 0 saturated carbocycles. The number of aliphatic imine (C=N–C) groups is 1. The zero-order valence-electron chi connectivity index (χ0n) is 16.1. The molecule has 0 radical (unpaired) electrons. The van der Waals surface area contributed by atoms with Gasteiger partial charge in [-0.1, -0.05) is 18.2 Å². The number of aromatic nitrogens is 2. The second-order valence-electron chi connectivity index (χ2n) is 5.91. The lowest BCUT2D eigenvalue weighted by Gasteiger charge is -2.12. The van der Waals surface area contributed by atoms with Crippen molar-refractivity contribution in [1.82, 2.24) is 20.4 Å². The molecule has 0 bridgehead atoms. The van der Waals surface area contributed by atoms with Crippen LogP contribution in [0.4, 0.5) is 0 Å². The second-order valence-corrected chi connectivity index (χ2v) is 5.91. The van der Waals surface area contributed by atoms with Crippen molar-refractivity contribution >= 4 is 29.9 Å². The number of nitrogens with one attached hydrogen (secondary N) is 2. The molecule has 1 heterocycles. The maximum absolute atomic E-state index is 5.70. The lowest BCUT2D eigenvalue weighted by Crippen LogP contribution is -2.38. The third-order valence-corrected chi connectivity index (χ3v) is 4.02. The highest BCUT2D eigenvalue weighted by molar-refractivity contribution is 14.0. The van der Waals surface area contributed by atoms with Gasteiger partial charge in [0.15, 0.2) is 5.96 Å². The van der Waals surface area contributed by atoms with E-state index in [1.54, 1.807) is 0 Å². The highest BCUT2D eigenvalue weighted by atomic mass is 127. The summed E-state index contributed by atoms with van der Waals surface area (Å²) in [4.78, 5) is 4.67. The first-order valence-corrected chi connectivity index (χ1v) is 8.81. The molecular formula is C19H30IN5O. The van der Waals surface area contributed by atoms with Gasteiger partial charge in [0.05, 0.1) is 18.8 Å². The number of guanidine groups is 1.